The second-order valence-corrected chi connectivity index (χ2v) is 4.53. The number of anilines is 1. The number of amides is 1. The van der Waals surface area contributed by atoms with Crippen LogP contribution in [0.25, 0.3) is 0 Å². The lowest BCUT2D eigenvalue weighted by Crippen LogP contribution is -2.43. The standard InChI is InChI=1S/C12H15ClN2O2/c1-17-9-2-3-10(13)11(5-9)15-12(16)4-8-6-14-7-8/h2-3,5,8,14H,4,6-7H2,1H3,(H,15,16). The molecule has 2 N–H and O–H groups in total. The molecule has 17 heavy (non-hydrogen) atoms. The number of benzene rings is 1. The maximum absolute atomic E-state index is 11.7. The van der Waals surface area contributed by atoms with Gasteiger partial charge in [0.2, 0.25) is 5.91 Å². The molecule has 0 radical (unpaired) electrons. The molecule has 0 atom stereocenters. The predicted molar refractivity (Wildman–Crippen MR) is 67.6 cm³/mol. The minimum Gasteiger partial charge on any atom is -0.497 e. The van der Waals surface area contributed by atoms with Crippen LogP contribution in [0.2, 0.25) is 5.02 Å². The third kappa shape index (κ3) is 3.11. The highest BCUT2D eigenvalue weighted by molar-refractivity contribution is 6.33. The van der Waals surface area contributed by atoms with E-state index in [0.29, 0.717) is 28.8 Å². The topological polar surface area (TPSA) is 50.4 Å². The zero-order valence-electron chi connectivity index (χ0n) is 9.63. The third-order valence-corrected chi connectivity index (χ3v) is 3.12. The summed E-state index contributed by atoms with van der Waals surface area (Å²) in [6.07, 6.45) is 0.528. The molecule has 1 heterocycles. The quantitative estimate of drug-likeness (QED) is 0.863. The fourth-order valence-electron chi connectivity index (χ4n) is 1.68. The molecule has 0 saturated carbocycles. The van der Waals surface area contributed by atoms with Crippen LogP contribution in [0, 0.1) is 5.92 Å². The average molecular weight is 255 g/mol. The second kappa shape index (κ2) is 5.38. The van der Waals surface area contributed by atoms with Gasteiger partial charge in [-0.1, -0.05) is 11.6 Å². The van der Waals surface area contributed by atoms with Gasteiger partial charge in [0.15, 0.2) is 0 Å². The summed E-state index contributed by atoms with van der Waals surface area (Å²) in [6.45, 7) is 1.83. The van der Waals surface area contributed by atoms with Crippen molar-refractivity contribution in [3.05, 3.63) is 23.2 Å². The Morgan fingerprint density at radius 2 is 2.35 bits per heavy atom. The molecule has 2 rings (SSSR count). The van der Waals surface area contributed by atoms with Crippen molar-refractivity contribution in [2.75, 3.05) is 25.5 Å². The summed E-state index contributed by atoms with van der Waals surface area (Å²) in [5.74, 6) is 1.11. The summed E-state index contributed by atoms with van der Waals surface area (Å²) in [7, 11) is 1.58. The lowest BCUT2D eigenvalue weighted by atomic mass is 9.99. The van der Waals surface area contributed by atoms with Crippen molar-refractivity contribution in [2.24, 2.45) is 5.92 Å². The molecule has 1 saturated heterocycles. The zero-order chi connectivity index (χ0) is 12.3. The van der Waals surface area contributed by atoms with E-state index in [-0.39, 0.29) is 5.91 Å². The van der Waals surface area contributed by atoms with Crippen LogP contribution in [0.15, 0.2) is 18.2 Å². The first-order valence-corrected chi connectivity index (χ1v) is 5.91. The number of hydrogen-bond donors (Lipinski definition) is 2. The van der Waals surface area contributed by atoms with Gasteiger partial charge >= 0.3 is 0 Å². The van der Waals surface area contributed by atoms with Gasteiger partial charge in [-0.2, -0.15) is 0 Å². The van der Waals surface area contributed by atoms with Crippen LogP contribution >= 0.6 is 11.6 Å². The molecule has 1 aliphatic heterocycles. The van der Waals surface area contributed by atoms with Crippen molar-refractivity contribution in [2.45, 2.75) is 6.42 Å². The van der Waals surface area contributed by atoms with E-state index in [4.69, 9.17) is 16.3 Å². The van der Waals surface area contributed by atoms with Crippen molar-refractivity contribution in [1.82, 2.24) is 5.32 Å². The van der Waals surface area contributed by atoms with Gasteiger partial charge < -0.3 is 15.4 Å². The Morgan fingerprint density at radius 3 is 2.94 bits per heavy atom. The average Bonchev–Trinajstić information content (AvgIpc) is 2.27. The summed E-state index contributed by atoms with van der Waals surface area (Å²) < 4.78 is 5.08. The summed E-state index contributed by atoms with van der Waals surface area (Å²) in [5.41, 5.74) is 0.600. The minimum absolute atomic E-state index is 0.00773. The third-order valence-electron chi connectivity index (χ3n) is 2.79. The van der Waals surface area contributed by atoms with E-state index in [1.54, 1.807) is 25.3 Å². The molecule has 5 heteroatoms. The van der Waals surface area contributed by atoms with E-state index < -0.39 is 0 Å². The van der Waals surface area contributed by atoms with Crippen LogP contribution in [0.3, 0.4) is 0 Å². The van der Waals surface area contributed by atoms with Gasteiger partial charge in [-0.3, -0.25) is 4.79 Å². The van der Waals surface area contributed by atoms with Crippen molar-refractivity contribution in [1.29, 1.82) is 0 Å². The van der Waals surface area contributed by atoms with E-state index in [0.717, 1.165) is 13.1 Å². The van der Waals surface area contributed by atoms with Crippen molar-refractivity contribution in [3.8, 4) is 5.75 Å². The summed E-state index contributed by atoms with van der Waals surface area (Å²) >= 11 is 6.00. The number of ether oxygens (including phenoxy) is 1. The monoisotopic (exact) mass is 254 g/mol. The maximum atomic E-state index is 11.7. The van der Waals surface area contributed by atoms with Crippen LogP contribution in [-0.4, -0.2) is 26.1 Å². The molecule has 4 nitrogen and oxygen atoms in total. The van der Waals surface area contributed by atoms with Crippen LogP contribution in [0.5, 0.6) is 5.75 Å². The molecule has 92 valence electrons. The zero-order valence-corrected chi connectivity index (χ0v) is 10.4. The minimum atomic E-state index is -0.00773. The predicted octanol–water partition coefficient (Wildman–Crippen LogP) is 1.90. The van der Waals surface area contributed by atoms with Crippen molar-refractivity contribution >= 4 is 23.2 Å². The number of carbonyl (C=O) groups is 1. The maximum Gasteiger partial charge on any atom is 0.224 e. The Balaban J connectivity index is 1.98. The van der Waals surface area contributed by atoms with E-state index in [1.165, 1.54) is 0 Å². The molecule has 1 aromatic carbocycles. The number of carbonyl (C=O) groups excluding carboxylic acids is 1. The fraction of sp³-hybridized carbons (Fsp3) is 0.417. The van der Waals surface area contributed by atoms with Crippen LogP contribution in [0.4, 0.5) is 5.69 Å². The number of nitrogens with one attached hydrogen (secondary N) is 2. The summed E-state index contributed by atoms with van der Waals surface area (Å²) in [6, 6.07) is 5.19. The highest BCUT2D eigenvalue weighted by Crippen LogP contribution is 2.27. The van der Waals surface area contributed by atoms with Crippen LogP contribution in [0.1, 0.15) is 6.42 Å². The van der Waals surface area contributed by atoms with E-state index in [1.807, 2.05) is 0 Å². The first-order valence-electron chi connectivity index (χ1n) is 5.53. The molecule has 0 spiro atoms. The lowest BCUT2D eigenvalue weighted by Gasteiger charge is -2.26. The molecule has 1 aliphatic rings. The molecule has 0 aliphatic carbocycles. The Morgan fingerprint density at radius 1 is 1.59 bits per heavy atom. The SMILES string of the molecule is COc1ccc(Cl)c(NC(=O)CC2CNC2)c1. The molecule has 1 amide bonds. The first kappa shape index (κ1) is 12.2. The molecule has 1 aromatic rings. The summed E-state index contributed by atoms with van der Waals surface area (Å²) in [5, 5.41) is 6.46. The van der Waals surface area contributed by atoms with Crippen LogP contribution < -0.4 is 15.4 Å². The van der Waals surface area contributed by atoms with Gasteiger partial charge in [0.25, 0.3) is 0 Å². The van der Waals surface area contributed by atoms with Gasteiger partial charge in [-0.15, -0.1) is 0 Å². The summed E-state index contributed by atoms with van der Waals surface area (Å²) in [4.78, 5) is 11.7. The molecular formula is C12H15ClN2O2. The molecular weight excluding hydrogens is 240 g/mol. The van der Waals surface area contributed by atoms with Gasteiger partial charge in [0.05, 0.1) is 17.8 Å². The highest BCUT2D eigenvalue weighted by Gasteiger charge is 2.20. The molecule has 0 unspecified atom stereocenters. The van der Waals surface area contributed by atoms with E-state index in [9.17, 15) is 4.79 Å². The van der Waals surface area contributed by atoms with Gasteiger partial charge in [-0.05, 0) is 31.1 Å². The second-order valence-electron chi connectivity index (χ2n) is 4.12. The largest absolute Gasteiger partial charge is 0.497 e. The Hall–Kier alpha value is -1.26. The van der Waals surface area contributed by atoms with E-state index in [2.05, 4.69) is 10.6 Å². The van der Waals surface area contributed by atoms with Crippen LogP contribution in [-0.2, 0) is 4.79 Å². The van der Waals surface area contributed by atoms with Gasteiger partial charge in [0, 0.05) is 12.5 Å². The molecule has 1 fully saturated rings. The Kier molecular flexibility index (Phi) is 3.86. The number of halogens is 1. The van der Waals surface area contributed by atoms with Gasteiger partial charge in [0.1, 0.15) is 5.75 Å². The Labute approximate surface area is 105 Å². The normalized spacial score (nSPS) is 15.2. The van der Waals surface area contributed by atoms with Gasteiger partial charge in [-0.25, -0.2) is 0 Å². The van der Waals surface area contributed by atoms with Crippen molar-refractivity contribution in [3.63, 3.8) is 0 Å². The number of rotatable bonds is 4. The Bertz CT molecular complexity index is 419. The number of hydrogen-bond acceptors (Lipinski definition) is 3. The first-order chi connectivity index (χ1) is 8.19. The molecule has 0 bridgehead atoms. The molecule has 0 aromatic heterocycles. The fourth-order valence-corrected chi connectivity index (χ4v) is 1.85. The highest BCUT2D eigenvalue weighted by atomic mass is 35.5. The van der Waals surface area contributed by atoms with Crippen molar-refractivity contribution < 1.29 is 9.53 Å². The lowest BCUT2D eigenvalue weighted by molar-refractivity contribution is -0.117. The number of methoxy groups -OCH3 is 1. The smallest absolute Gasteiger partial charge is 0.224 e. The van der Waals surface area contributed by atoms with E-state index >= 15 is 0 Å².